The van der Waals surface area contributed by atoms with E-state index < -0.39 is 11.5 Å². The van der Waals surface area contributed by atoms with Crippen LogP contribution in [0.25, 0.3) is 11.1 Å². The third-order valence-corrected chi connectivity index (χ3v) is 6.23. The molecule has 2 fully saturated rings. The van der Waals surface area contributed by atoms with Gasteiger partial charge in [0.05, 0.1) is 6.54 Å². The second kappa shape index (κ2) is 8.49. The molecule has 1 spiro atoms. The van der Waals surface area contributed by atoms with Gasteiger partial charge in [0, 0.05) is 36.3 Å². The van der Waals surface area contributed by atoms with Crippen molar-refractivity contribution in [2.75, 3.05) is 23.3 Å². The Hall–Kier alpha value is -3.62. The van der Waals surface area contributed by atoms with Gasteiger partial charge in [-0.1, -0.05) is 0 Å². The average molecular weight is 434 g/mol. The second-order valence-corrected chi connectivity index (χ2v) is 8.32. The maximum absolute atomic E-state index is 13.8. The van der Waals surface area contributed by atoms with Crippen molar-refractivity contribution < 1.29 is 13.9 Å². The van der Waals surface area contributed by atoms with E-state index in [-0.39, 0.29) is 6.09 Å². The van der Waals surface area contributed by atoms with Crippen LogP contribution in [0, 0.1) is 11.9 Å². The first-order valence-corrected chi connectivity index (χ1v) is 10.7. The number of carbonyl (C=O) groups is 1. The zero-order chi connectivity index (χ0) is 22.0. The van der Waals surface area contributed by atoms with Gasteiger partial charge in [0.2, 0.25) is 5.95 Å². The summed E-state index contributed by atoms with van der Waals surface area (Å²) in [4.78, 5) is 22.0. The van der Waals surface area contributed by atoms with Gasteiger partial charge in [0.15, 0.2) is 5.82 Å². The Morgan fingerprint density at radius 3 is 2.69 bits per heavy atom. The van der Waals surface area contributed by atoms with Crippen LogP contribution in [0.1, 0.15) is 25.7 Å². The molecule has 9 heteroatoms. The van der Waals surface area contributed by atoms with E-state index in [0.29, 0.717) is 29.4 Å². The molecule has 164 valence electrons. The number of hydrogen-bond acceptors (Lipinski definition) is 7. The van der Waals surface area contributed by atoms with Crippen molar-refractivity contribution >= 4 is 17.7 Å². The van der Waals surface area contributed by atoms with E-state index >= 15 is 0 Å². The van der Waals surface area contributed by atoms with Crippen LogP contribution in [-0.2, 0) is 4.74 Å². The number of carbonyl (C=O) groups excluding carboxylic acids is 1. The normalized spacial score (nSPS) is 22.7. The molecule has 2 aliphatic rings. The lowest BCUT2D eigenvalue weighted by molar-refractivity contribution is 0.0148. The summed E-state index contributed by atoms with van der Waals surface area (Å²) in [5.74, 6) is 1.23. The highest BCUT2D eigenvalue weighted by Gasteiger charge is 2.48. The predicted molar refractivity (Wildman–Crippen MR) is 116 cm³/mol. The van der Waals surface area contributed by atoms with Gasteiger partial charge in [-0.05, 0) is 68.0 Å². The average Bonchev–Trinajstić information content (AvgIpc) is 3.16. The molecule has 4 heterocycles. The van der Waals surface area contributed by atoms with Gasteiger partial charge < -0.3 is 10.1 Å². The number of halogens is 1. The standard InChI is InChI=1S/C23H23FN6O2/c24-21-18(3-1-11-25-21)17-5-6-19(27-14-17)26-13-16-7-9-23(10-8-16)15-30(22(31)32-23)20-4-2-12-28-29-20/h1-6,11-12,14,16H,7-10,13,15H2,(H,26,27). The van der Waals surface area contributed by atoms with Crippen molar-refractivity contribution in [2.24, 2.45) is 5.92 Å². The molecule has 5 rings (SSSR count). The Labute approximate surface area is 184 Å². The first-order chi connectivity index (χ1) is 15.6. The third-order valence-electron chi connectivity index (χ3n) is 6.23. The molecule has 0 bridgehead atoms. The lowest BCUT2D eigenvalue weighted by Crippen LogP contribution is -2.39. The Balaban J connectivity index is 1.14. The van der Waals surface area contributed by atoms with Crippen molar-refractivity contribution in [1.29, 1.82) is 0 Å². The first-order valence-electron chi connectivity index (χ1n) is 10.7. The van der Waals surface area contributed by atoms with Crippen molar-refractivity contribution in [3.8, 4) is 11.1 Å². The Bertz CT molecular complexity index is 1090. The van der Waals surface area contributed by atoms with Gasteiger partial charge in [-0.25, -0.2) is 14.8 Å². The smallest absolute Gasteiger partial charge is 0.416 e. The van der Waals surface area contributed by atoms with Crippen LogP contribution in [0.15, 0.2) is 55.0 Å². The van der Waals surface area contributed by atoms with E-state index in [9.17, 15) is 9.18 Å². The summed E-state index contributed by atoms with van der Waals surface area (Å²) >= 11 is 0. The fourth-order valence-corrected chi connectivity index (χ4v) is 4.41. The van der Waals surface area contributed by atoms with Gasteiger partial charge in [-0.15, -0.1) is 5.10 Å². The first kappa shape index (κ1) is 20.3. The SMILES string of the molecule is O=C1OC2(CCC(CNc3ccc(-c4cccnc4F)cn3)CC2)CN1c1cccnn1. The summed E-state index contributed by atoms with van der Waals surface area (Å²) in [5.41, 5.74) is 0.681. The quantitative estimate of drug-likeness (QED) is 0.605. The number of aromatic nitrogens is 4. The van der Waals surface area contributed by atoms with Crippen LogP contribution in [0.4, 0.5) is 20.8 Å². The number of pyridine rings is 2. The van der Waals surface area contributed by atoms with E-state index in [4.69, 9.17) is 4.74 Å². The molecule has 0 atom stereocenters. The molecule has 1 aliphatic heterocycles. The van der Waals surface area contributed by atoms with E-state index in [1.807, 2.05) is 12.1 Å². The molecule has 32 heavy (non-hydrogen) atoms. The molecule has 0 radical (unpaired) electrons. The molecule has 3 aromatic heterocycles. The van der Waals surface area contributed by atoms with Crippen molar-refractivity contribution in [3.63, 3.8) is 0 Å². The Morgan fingerprint density at radius 1 is 1.12 bits per heavy atom. The molecule has 1 saturated heterocycles. The minimum atomic E-state index is -0.503. The van der Waals surface area contributed by atoms with Crippen molar-refractivity contribution in [1.82, 2.24) is 20.2 Å². The number of ether oxygens (including phenoxy) is 1. The van der Waals surface area contributed by atoms with Crippen molar-refractivity contribution in [3.05, 3.63) is 60.9 Å². The molecular weight excluding hydrogens is 411 g/mol. The molecule has 1 N–H and O–H groups in total. The van der Waals surface area contributed by atoms with Crippen LogP contribution >= 0.6 is 0 Å². The summed E-state index contributed by atoms with van der Waals surface area (Å²) in [5, 5.41) is 11.3. The van der Waals surface area contributed by atoms with Gasteiger partial charge in [-0.3, -0.25) is 4.90 Å². The molecule has 0 aromatic carbocycles. The lowest BCUT2D eigenvalue weighted by Gasteiger charge is -2.35. The van der Waals surface area contributed by atoms with Crippen LogP contribution in [-0.4, -0.2) is 44.9 Å². The van der Waals surface area contributed by atoms with Gasteiger partial charge in [-0.2, -0.15) is 9.49 Å². The summed E-state index contributed by atoms with van der Waals surface area (Å²) in [6.07, 6.45) is 7.84. The van der Waals surface area contributed by atoms with E-state index in [2.05, 4.69) is 25.5 Å². The number of rotatable bonds is 5. The molecule has 1 aliphatic carbocycles. The summed E-state index contributed by atoms with van der Waals surface area (Å²) in [7, 11) is 0. The van der Waals surface area contributed by atoms with Gasteiger partial charge >= 0.3 is 6.09 Å². The lowest BCUT2D eigenvalue weighted by atomic mass is 9.78. The molecule has 3 aromatic rings. The molecule has 1 saturated carbocycles. The highest BCUT2D eigenvalue weighted by Crippen LogP contribution is 2.40. The van der Waals surface area contributed by atoms with Gasteiger partial charge in [0.1, 0.15) is 11.4 Å². The summed E-state index contributed by atoms with van der Waals surface area (Å²) < 4.78 is 19.6. The highest BCUT2D eigenvalue weighted by atomic mass is 19.1. The fraction of sp³-hybridized carbons (Fsp3) is 0.348. The second-order valence-electron chi connectivity index (χ2n) is 8.32. The zero-order valence-corrected chi connectivity index (χ0v) is 17.4. The van der Waals surface area contributed by atoms with Gasteiger partial charge in [0.25, 0.3) is 0 Å². The largest absolute Gasteiger partial charge is 0.441 e. The number of nitrogens with zero attached hydrogens (tertiary/aromatic N) is 5. The predicted octanol–water partition coefficient (Wildman–Crippen LogP) is 4.07. The minimum absolute atomic E-state index is 0.351. The Kier molecular flexibility index (Phi) is 5.38. The number of nitrogens with one attached hydrogen (secondary N) is 1. The number of amides is 1. The van der Waals surface area contributed by atoms with Crippen LogP contribution in [0.2, 0.25) is 0 Å². The molecule has 0 unspecified atom stereocenters. The number of anilines is 2. The summed E-state index contributed by atoms with van der Waals surface area (Å²) in [6.45, 7) is 1.30. The monoisotopic (exact) mass is 434 g/mol. The summed E-state index contributed by atoms with van der Waals surface area (Å²) in [6, 6.07) is 10.6. The Morgan fingerprint density at radius 2 is 1.97 bits per heavy atom. The topological polar surface area (TPSA) is 93.1 Å². The maximum atomic E-state index is 13.8. The third kappa shape index (κ3) is 4.10. The molecule has 8 nitrogen and oxygen atoms in total. The van der Waals surface area contributed by atoms with Crippen LogP contribution in [0.5, 0.6) is 0 Å². The zero-order valence-electron chi connectivity index (χ0n) is 17.4. The van der Waals surface area contributed by atoms with E-state index in [1.165, 1.54) is 6.20 Å². The maximum Gasteiger partial charge on any atom is 0.416 e. The number of hydrogen-bond donors (Lipinski definition) is 1. The fourth-order valence-electron chi connectivity index (χ4n) is 4.41. The van der Waals surface area contributed by atoms with Crippen LogP contribution < -0.4 is 10.2 Å². The minimum Gasteiger partial charge on any atom is -0.441 e. The van der Waals surface area contributed by atoms with E-state index in [0.717, 1.165) is 38.0 Å². The molecular formula is C23H23FN6O2. The molecule has 1 amide bonds. The van der Waals surface area contributed by atoms with E-state index in [1.54, 1.807) is 41.6 Å². The van der Waals surface area contributed by atoms with Crippen molar-refractivity contribution in [2.45, 2.75) is 31.3 Å². The highest BCUT2D eigenvalue weighted by molar-refractivity contribution is 5.89. The van der Waals surface area contributed by atoms with Crippen LogP contribution in [0.3, 0.4) is 0 Å².